The normalized spacial score (nSPS) is 20.1. The average molecular weight is 353 g/mol. The van der Waals surface area contributed by atoms with Gasteiger partial charge in [-0.3, -0.25) is 4.79 Å². The van der Waals surface area contributed by atoms with Gasteiger partial charge in [0.05, 0.1) is 17.4 Å². The van der Waals surface area contributed by atoms with E-state index in [1.165, 1.54) is 6.07 Å². The number of halogens is 1. The molecule has 0 aliphatic carbocycles. The fourth-order valence-electron chi connectivity index (χ4n) is 3.22. The molecule has 2 heterocycles. The van der Waals surface area contributed by atoms with Crippen LogP contribution in [0.1, 0.15) is 18.4 Å². The molecular formula is C20H20FN3O2. The molecule has 1 unspecified atom stereocenters. The van der Waals surface area contributed by atoms with Crippen molar-refractivity contribution in [3.05, 3.63) is 60.0 Å². The molecule has 0 saturated carbocycles. The largest absolute Gasteiger partial charge is 0.382 e. The highest BCUT2D eigenvalue weighted by Gasteiger charge is 2.27. The molecule has 0 spiro atoms. The maximum Gasteiger partial charge on any atom is 0.257 e. The Morgan fingerprint density at radius 1 is 1.19 bits per heavy atom. The lowest BCUT2D eigenvalue weighted by Crippen LogP contribution is -2.18. The van der Waals surface area contributed by atoms with Crippen LogP contribution in [0.15, 0.2) is 48.7 Å². The fraction of sp³-hybridized carbons (Fsp3) is 0.250. The van der Waals surface area contributed by atoms with E-state index in [4.69, 9.17) is 4.74 Å². The summed E-state index contributed by atoms with van der Waals surface area (Å²) >= 11 is 0. The Morgan fingerprint density at radius 3 is 2.77 bits per heavy atom. The number of carbonyl (C=O) groups is 1. The van der Waals surface area contributed by atoms with Crippen molar-refractivity contribution in [2.75, 3.05) is 29.1 Å². The van der Waals surface area contributed by atoms with Gasteiger partial charge in [-0.2, -0.15) is 0 Å². The zero-order chi connectivity index (χ0) is 17.9. The second-order valence-corrected chi connectivity index (χ2v) is 6.41. The molecule has 0 aromatic heterocycles. The summed E-state index contributed by atoms with van der Waals surface area (Å²) in [5.41, 5.74) is 2.92. The molecular weight excluding hydrogens is 333 g/mol. The number of fused-ring (bicyclic) bond motifs is 1. The zero-order valence-electron chi connectivity index (χ0n) is 14.2. The van der Waals surface area contributed by atoms with Gasteiger partial charge in [0.25, 0.3) is 5.91 Å². The third kappa shape index (κ3) is 3.41. The van der Waals surface area contributed by atoms with Gasteiger partial charge in [0.15, 0.2) is 0 Å². The van der Waals surface area contributed by atoms with E-state index in [1.807, 2.05) is 24.3 Å². The van der Waals surface area contributed by atoms with Crippen LogP contribution in [-0.4, -0.2) is 25.2 Å². The maximum absolute atomic E-state index is 14.0. The number of ether oxygens (including phenoxy) is 1. The van der Waals surface area contributed by atoms with E-state index in [9.17, 15) is 9.18 Å². The minimum Gasteiger partial charge on any atom is -0.382 e. The number of carbonyl (C=O) groups excluding carboxylic acids is 1. The smallest absolute Gasteiger partial charge is 0.257 e. The molecule has 2 aliphatic heterocycles. The van der Waals surface area contributed by atoms with Crippen molar-refractivity contribution in [2.24, 2.45) is 0 Å². The van der Waals surface area contributed by atoms with Gasteiger partial charge < -0.3 is 20.7 Å². The van der Waals surface area contributed by atoms with Crippen LogP contribution in [0.5, 0.6) is 0 Å². The molecule has 0 bridgehead atoms. The van der Waals surface area contributed by atoms with Crippen LogP contribution >= 0.6 is 0 Å². The lowest BCUT2D eigenvalue weighted by molar-refractivity contribution is -0.110. The predicted octanol–water partition coefficient (Wildman–Crippen LogP) is 3.82. The first-order valence-electron chi connectivity index (χ1n) is 8.73. The third-order valence-corrected chi connectivity index (χ3v) is 4.60. The van der Waals surface area contributed by atoms with E-state index in [1.54, 1.807) is 18.3 Å². The van der Waals surface area contributed by atoms with Crippen molar-refractivity contribution < 1.29 is 13.9 Å². The molecule has 2 aromatic carbocycles. The van der Waals surface area contributed by atoms with Gasteiger partial charge in [-0.25, -0.2) is 4.39 Å². The zero-order valence-corrected chi connectivity index (χ0v) is 14.2. The summed E-state index contributed by atoms with van der Waals surface area (Å²) in [6.07, 6.45) is 4.05. The lowest BCUT2D eigenvalue weighted by atomic mass is 10.1. The molecule has 5 nitrogen and oxygen atoms in total. The minimum absolute atomic E-state index is 0.286. The summed E-state index contributed by atoms with van der Waals surface area (Å²) in [5, 5.41) is 9.09. The van der Waals surface area contributed by atoms with Crippen LogP contribution in [0.2, 0.25) is 0 Å². The number of benzene rings is 2. The Morgan fingerprint density at radius 2 is 2.00 bits per heavy atom. The number of amides is 1. The van der Waals surface area contributed by atoms with Crippen molar-refractivity contribution in [3.63, 3.8) is 0 Å². The van der Waals surface area contributed by atoms with Crippen molar-refractivity contribution in [2.45, 2.75) is 18.9 Å². The highest BCUT2D eigenvalue weighted by atomic mass is 19.1. The molecule has 2 aromatic rings. The molecule has 4 rings (SSSR count). The standard InChI is InChI=1S/C20H20FN3O2/c21-17-4-1-5-18-19(17)16(20(25)24-18)12-23-14-8-6-13(7-9-14)22-11-15-3-2-10-26-15/h1,4-9,12,15,22-23H,2-3,10-11H2,(H,24,25)/b16-12+. The molecule has 1 amide bonds. The number of anilines is 3. The summed E-state index contributed by atoms with van der Waals surface area (Å²) < 4.78 is 19.6. The molecule has 2 aliphatic rings. The Balaban J connectivity index is 1.42. The second kappa shape index (κ2) is 7.17. The summed E-state index contributed by atoms with van der Waals surface area (Å²) in [7, 11) is 0. The maximum atomic E-state index is 14.0. The molecule has 0 radical (unpaired) electrons. The van der Waals surface area contributed by atoms with Gasteiger partial charge in [-0.15, -0.1) is 0 Å². The summed E-state index contributed by atoms with van der Waals surface area (Å²) in [6.45, 7) is 1.65. The fourth-order valence-corrected chi connectivity index (χ4v) is 3.22. The molecule has 134 valence electrons. The predicted molar refractivity (Wildman–Crippen MR) is 101 cm³/mol. The first-order valence-corrected chi connectivity index (χ1v) is 8.73. The SMILES string of the molecule is O=C1Nc2cccc(F)c2/C1=C\Nc1ccc(NCC2CCCO2)cc1. The van der Waals surface area contributed by atoms with Crippen molar-refractivity contribution >= 4 is 28.5 Å². The van der Waals surface area contributed by atoms with Gasteiger partial charge in [0, 0.05) is 36.3 Å². The van der Waals surface area contributed by atoms with Crippen LogP contribution in [0.25, 0.3) is 5.57 Å². The number of hydrogen-bond acceptors (Lipinski definition) is 4. The van der Waals surface area contributed by atoms with Gasteiger partial charge in [-0.1, -0.05) is 6.07 Å². The van der Waals surface area contributed by atoms with Gasteiger partial charge in [0.2, 0.25) is 0 Å². The Kier molecular flexibility index (Phi) is 4.58. The first-order chi connectivity index (χ1) is 12.7. The van der Waals surface area contributed by atoms with E-state index < -0.39 is 5.82 Å². The molecule has 1 saturated heterocycles. The molecule has 1 atom stereocenters. The van der Waals surface area contributed by atoms with Crippen LogP contribution in [0.4, 0.5) is 21.5 Å². The van der Waals surface area contributed by atoms with Crippen LogP contribution in [0.3, 0.4) is 0 Å². The lowest BCUT2D eigenvalue weighted by Gasteiger charge is -2.12. The van der Waals surface area contributed by atoms with Gasteiger partial charge in [-0.05, 0) is 49.2 Å². The highest BCUT2D eigenvalue weighted by Crippen LogP contribution is 2.33. The van der Waals surface area contributed by atoms with E-state index >= 15 is 0 Å². The number of rotatable bonds is 5. The van der Waals surface area contributed by atoms with Crippen molar-refractivity contribution in [1.29, 1.82) is 0 Å². The van der Waals surface area contributed by atoms with Crippen LogP contribution in [0, 0.1) is 5.82 Å². The monoisotopic (exact) mass is 353 g/mol. The van der Waals surface area contributed by atoms with Gasteiger partial charge in [0.1, 0.15) is 5.82 Å². The first kappa shape index (κ1) is 16.6. The third-order valence-electron chi connectivity index (χ3n) is 4.60. The molecule has 1 fully saturated rings. The highest BCUT2D eigenvalue weighted by molar-refractivity contribution is 6.31. The minimum atomic E-state index is -0.414. The number of nitrogens with one attached hydrogen (secondary N) is 3. The Labute approximate surface area is 151 Å². The number of hydrogen-bond donors (Lipinski definition) is 3. The Hall–Kier alpha value is -2.86. The second-order valence-electron chi connectivity index (χ2n) is 6.41. The van der Waals surface area contributed by atoms with Gasteiger partial charge >= 0.3 is 0 Å². The molecule has 26 heavy (non-hydrogen) atoms. The van der Waals surface area contributed by atoms with Crippen molar-refractivity contribution in [3.8, 4) is 0 Å². The van der Waals surface area contributed by atoms with E-state index in [-0.39, 0.29) is 12.0 Å². The van der Waals surface area contributed by atoms with Crippen LogP contribution < -0.4 is 16.0 Å². The quantitative estimate of drug-likeness (QED) is 0.715. The summed E-state index contributed by atoms with van der Waals surface area (Å²) in [4.78, 5) is 12.1. The molecule has 6 heteroatoms. The van der Waals surface area contributed by atoms with E-state index in [2.05, 4.69) is 16.0 Å². The van der Waals surface area contributed by atoms with Crippen molar-refractivity contribution in [1.82, 2.24) is 0 Å². The topological polar surface area (TPSA) is 62.4 Å². The summed E-state index contributed by atoms with van der Waals surface area (Å²) in [5.74, 6) is -0.727. The summed E-state index contributed by atoms with van der Waals surface area (Å²) in [6, 6.07) is 12.3. The van der Waals surface area contributed by atoms with E-state index in [0.717, 1.165) is 37.4 Å². The Bertz CT molecular complexity index is 843. The average Bonchev–Trinajstić information content (AvgIpc) is 3.27. The van der Waals surface area contributed by atoms with E-state index in [0.29, 0.717) is 16.8 Å². The molecule has 3 N–H and O–H groups in total. The van der Waals surface area contributed by atoms with Crippen LogP contribution in [-0.2, 0) is 9.53 Å².